The number of ether oxygens (including phenoxy) is 1. The number of carbonyl (C=O) groups excluding carboxylic acids is 1. The molecule has 3 rings (SSSR count). The molecule has 0 radical (unpaired) electrons. The molecule has 0 aliphatic carbocycles. The molecule has 2 aromatic carbocycles. The number of rotatable bonds is 8. The molecule has 146 valence electrons. The summed E-state index contributed by atoms with van der Waals surface area (Å²) >= 11 is 6.12. The van der Waals surface area contributed by atoms with Gasteiger partial charge in [-0.2, -0.15) is 0 Å². The summed E-state index contributed by atoms with van der Waals surface area (Å²) in [6.45, 7) is -0.0277. The molecule has 0 aliphatic heterocycles. The van der Waals surface area contributed by atoms with Gasteiger partial charge in [0.25, 0.3) is 15.9 Å². The Morgan fingerprint density at radius 3 is 2.54 bits per heavy atom. The zero-order valence-corrected chi connectivity index (χ0v) is 16.2. The first-order valence-electron chi connectivity index (χ1n) is 8.23. The molecular weight excluding hydrogens is 404 g/mol. The van der Waals surface area contributed by atoms with Crippen LogP contribution < -0.4 is 14.8 Å². The van der Waals surface area contributed by atoms with E-state index in [9.17, 15) is 13.2 Å². The van der Waals surface area contributed by atoms with Gasteiger partial charge in [-0.1, -0.05) is 29.8 Å². The van der Waals surface area contributed by atoms with Crippen LogP contribution in [0.2, 0.25) is 5.02 Å². The Balaban J connectivity index is 1.59. The third-order valence-corrected chi connectivity index (χ3v) is 5.31. The Bertz CT molecular complexity index is 1040. The Morgan fingerprint density at radius 2 is 1.86 bits per heavy atom. The van der Waals surface area contributed by atoms with Gasteiger partial charge < -0.3 is 14.5 Å². The maximum atomic E-state index is 12.4. The van der Waals surface area contributed by atoms with Crippen molar-refractivity contribution in [3.05, 3.63) is 77.7 Å². The van der Waals surface area contributed by atoms with Crippen molar-refractivity contribution in [2.45, 2.75) is 11.4 Å². The molecule has 9 heteroatoms. The summed E-state index contributed by atoms with van der Waals surface area (Å²) < 4.78 is 37.8. The quantitative estimate of drug-likeness (QED) is 0.581. The second kappa shape index (κ2) is 8.81. The molecule has 0 saturated carbocycles. The van der Waals surface area contributed by atoms with Gasteiger partial charge >= 0.3 is 0 Å². The van der Waals surface area contributed by atoms with E-state index >= 15 is 0 Å². The highest BCUT2D eigenvalue weighted by Gasteiger charge is 2.17. The van der Waals surface area contributed by atoms with Gasteiger partial charge in [-0.25, -0.2) is 8.42 Å². The van der Waals surface area contributed by atoms with Crippen LogP contribution in [0.1, 0.15) is 5.76 Å². The summed E-state index contributed by atoms with van der Waals surface area (Å²) in [5.41, 5.74) is 0.437. The van der Waals surface area contributed by atoms with Gasteiger partial charge in [-0.3, -0.25) is 9.52 Å². The zero-order chi connectivity index (χ0) is 20.0. The Morgan fingerprint density at radius 1 is 1.07 bits per heavy atom. The zero-order valence-electron chi connectivity index (χ0n) is 14.6. The molecule has 0 unspecified atom stereocenters. The topological polar surface area (TPSA) is 97.6 Å². The van der Waals surface area contributed by atoms with Crippen LogP contribution in [-0.2, 0) is 21.4 Å². The molecule has 0 saturated heterocycles. The Labute approximate surface area is 167 Å². The Hall–Kier alpha value is -2.97. The maximum absolute atomic E-state index is 12.4. The van der Waals surface area contributed by atoms with Crippen molar-refractivity contribution in [2.24, 2.45) is 0 Å². The number of carbonyl (C=O) groups is 1. The molecule has 3 aromatic rings. The van der Waals surface area contributed by atoms with Crippen LogP contribution in [0.25, 0.3) is 0 Å². The number of halogens is 1. The van der Waals surface area contributed by atoms with Crippen molar-refractivity contribution in [3.63, 3.8) is 0 Å². The second-order valence-electron chi connectivity index (χ2n) is 5.71. The highest BCUT2D eigenvalue weighted by molar-refractivity contribution is 7.92. The molecule has 7 nitrogen and oxygen atoms in total. The lowest BCUT2D eigenvalue weighted by molar-refractivity contribution is -0.123. The van der Waals surface area contributed by atoms with Crippen molar-refractivity contribution < 1.29 is 22.4 Å². The van der Waals surface area contributed by atoms with Crippen molar-refractivity contribution in [3.8, 4) is 5.75 Å². The van der Waals surface area contributed by atoms with Crippen molar-refractivity contribution in [2.75, 3.05) is 11.3 Å². The number of hydrogen-bond acceptors (Lipinski definition) is 5. The first-order chi connectivity index (χ1) is 13.4. The molecule has 0 bridgehead atoms. The fourth-order valence-corrected chi connectivity index (χ4v) is 3.66. The summed E-state index contributed by atoms with van der Waals surface area (Å²) in [5.74, 6) is 0.454. The van der Waals surface area contributed by atoms with Gasteiger partial charge in [0.15, 0.2) is 6.61 Å². The molecule has 28 heavy (non-hydrogen) atoms. The lowest BCUT2D eigenvalue weighted by Crippen LogP contribution is -2.28. The van der Waals surface area contributed by atoms with E-state index in [4.69, 9.17) is 20.8 Å². The van der Waals surface area contributed by atoms with E-state index < -0.39 is 10.0 Å². The van der Waals surface area contributed by atoms with Gasteiger partial charge in [0, 0.05) is 5.69 Å². The molecule has 0 fully saturated rings. The smallest absolute Gasteiger partial charge is 0.261 e. The average molecular weight is 421 g/mol. The minimum Gasteiger partial charge on any atom is -0.482 e. The van der Waals surface area contributed by atoms with Crippen LogP contribution >= 0.6 is 11.6 Å². The maximum Gasteiger partial charge on any atom is 0.261 e. The van der Waals surface area contributed by atoms with E-state index in [1.165, 1.54) is 24.5 Å². The normalized spacial score (nSPS) is 11.0. The van der Waals surface area contributed by atoms with E-state index in [1.54, 1.807) is 42.5 Å². The van der Waals surface area contributed by atoms with Crippen LogP contribution in [0.15, 0.2) is 76.2 Å². The third kappa shape index (κ3) is 5.28. The van der Waals surface area contributed by atoms with Crippen LogP contribution in [0.5, 0.6) is 5.75 Å². The van der Waals surface area contributed by atoms with E-state index in [0.717, 1.165) is 0 Å². The van der Waals surface area contributed by atoms with Crippen LogP contribution in [0.3, 0.4) is 0 Å². The molecule has 1 amide bonds. The summed E-state index contributed by atoms with van der Waals surface area (Å²) in [6, 6.07) is 16.0. The molecular formula is C19H17ClN2O5S. The molecule has 0 aliphatic rings. The molecule has 0 atom stereocenters. The summed E-state index contributed by atoms with van der Waals surface area (Å²) in [6.07, 6.45) is 1.51. The lowest BCUT2D eigenvalue weighted by atomic mass is 10.3. The predicted octanol–water partition coefficient (Wildman–Crippen LogP) is 3.43. The van der Waals surface area contributed by atoms with E-state index in [0.29, 0.717) is 11.4 Å². The third-order valence-electron chi connectivity index (χ3n) is 3.64. The van der Waals surface area contributed by atoms with E-state index in [2.05, 4.69) is 10.0 Å². The van der Waals surface area contributed by atoms with E-state index in [1.807, 2.05) is 0 Å². The van der Waals surface area contributed by atoms with Gasteiger partial charge in [0.2, 0.25) is 0 Å². The second-order valence-corrected chi connectivity index (χ2v) is 7.80. The highest BCUT2D eigenvalue weighted by atomic mass is 35.5. The predicted molar refractivity (Wildman–Crippen MR) is 105 cm³/mol. The first-order valence-corrected chi connectivity index (χ1v) is 10.1. The SMILES string of the molecule is O=C(COc1ccc(S(=O)(=O)Nc2ccccc2)cc1Cl)NCc1ccco1. The fraction of sp³-hybridized carbons (Fsp3) is 0.105. The molecule has 1 heterocycles. The van der Waals surface area contributed by atoms with Crippen molar-refractivity contribution in [1.82, 2.24) is 5.32 Å². The first kappa shape index (κ1) is 19.8. The number of para-hydroxylation sites is 1. The summed E-state index contributed by atoms with van der Waals surface area (Å²) in [5, 5.41) is 2.71. The number of amides is 1. The van der Waals surface area contributed by atoms with Crippen LogP contribution in [-0.4, -0.2) is 20.9 Å². The number of furan rings is 1. The summed E-state index contributed by atoms with van der Waals surface area (Å²) in [4.78, 5) is 11.8. The largest absolute Gasteiger partial charge is 0.482 e. The number of anilines is 1. The standard InChI is InChI=1S/C19H17ClN2O5S/c20-17-11-16(28(24,25)22-14-5-2-1-3-6-14)8-9-18(17)27-13-19(23)21-12-15-7-4-10-26-15/h1-11,22H,12-13H2,(H,21,23). The number of benzene rings is 2. The Kier molecular flexibility index (Phi) is 6.23. The van der Waals surface area contributed by atoms with Crippen molar-refractivity contribution >= 4 is 33.2 Å². The van der Waals surface area contributed by atoms with Gasteiger partial charge in [-0.15, -0.1) is 0 Å². The summed E-state index contributed by atoms with van der Waals surface area (Å²) in [7, 11) is -3.80. The van der Waals surface area contributed by atoms with Crippen molar-refractivity contribution in [1.29, 1.82) is 0 Å². The highest BCUT2D eigenvalue weighted by Crippen LogP contribution is 2.28. The van der Waals surface area contributed by atoms with Gasteiger partial charge in [0.05, 0.1) is 22.7 Å². The molecule has 2 N–H and O–H groups in total. The average Bonchev–Trinajstić information content (AvgIpc) is 3.19. The lowest BCUT2D eigenvalue weighted by Gasteiger charge is -2.11. The minimum absolute atomic E-state index is 0.0176. The molecule has 1 aromatic heterocycles. The van der Waals surface area contributed by atoms with E-state index in [-0.39, 0.29) is 34.7 Å². The number of sulfonamides is 1. The monoisotopic (exact) mass is 420 g/mol. The minimum atomic E-state index is -3.80. The van der Waals surface area contributed by atoms with Gasteiger partial charge in [0.1, 0.15) is 11.5 Å². The number of nitrogens with one attached hydrogen (secondary N) is 2. The fourth-order valence-electron chi connectivity index (χ4n) is 2.28. The number of hydrogen-bond donors (Lipinski definition) is 2. The van der Waals surface area contributed by atoms with Gasteiger partial charge in [-0.05, 0) is 42.5 Å². The van der Waals surface area contributed by atoms with Crippen LogP contribution in [0, 0.1) is 0 Å². The molecule has 0 spiro atoms. The van der Waals surface area contributed by atoms with Crippen LogP contribution in [0.4, 0.5) is 5.69 Å².